The lowest BCUT2D eigenvalue weighted by Crippen LogP contribution is -2.25. The van der Waals surface area contributed by atoms with Crippen LogP contribution in [0.1, 0.15) is 31.9 Å². The van der Waals surface area contributed by atoms with E-state index in [4.69, 9.17) is 9.72 Å². The van der Waals surface area contributed by atoms with Gasteiger partial charge in [0.1, 0.15) is 47.3 Å². The zero-order valence-corrected chi connectivity index (χ0v) is 37.7. The SMILES string of the molecule is Cc1ccccc1-c1cc(Oc2ccc3c4ccccc4n(-c4cc(C(C)(C)C)ccn4)c3c2)cc(N2CN(c3c(-c4cc(F)cc(F)c4)cccc3-c3cc(F)cc(F)c3)c3ccccc32)c1. The molecule has 0 radical (unpaired) electrons. The molecule has 1 aliphatic rings. The fourth-order valence-corrected chi connectivity index (χ4v) is 9.60. The Morgan fingerprint density at radius 3 is 1.76 bits per heavy atom. The molecule has 5 nitrogen and oxygen atoms in total. The van der Waals surface area contributed by atoms with Gasteiger partial charge in [-0.1, -0.05) is 93.6 Å². The molecule has 3 heterocycles. The molecule has 0 unspecified atom stereocenters. The number of ether oxygens (including phenoxy) is 1. The average Bonchev–Trinajstić information content (AvgIpc) is 3.86. The van der Waals surface area contributed by atoms with Crippen molar-refractivity contribution in [2.45, 2.75) is 33.1 Å². The van der Waals surface area contributed by atoms with Crippen LogP contribution in [0, 0.1) is 30.2 Å². The van der Waals surface area contributed by atoms with Crippen LogP contribution in [0.5, 0.6) is 11.5 Å². The highest BCUT2D eigenvalue weighted by atomic mass is 19.1. The molecular weight excluding hydrogens is 857 g/mol. The molecule has 0 atom stereocenters. The minimum atomic E-state index is -0.746. The lowest BCUT2D eigenvalue weighted by molar-refractivity contribution is 0.483. The van der Waals surface area contributed by atoms with Crippen LogP contribution in [0.2, 0.25) is 0 Å². The first-order valence-electron chi connectivity index (χ1n) is 22.5. The maximum Gasteiger partial charge on any atom is 0.137 e. The zero-order valence-electron chi connectivity index (χ0n) is 37.7. The van der Waals surface area contributed by atoms with Crippen LogP contribution in [-0.2, 0) is 5.41 Å². The number of aryl methyl sites for hydroxylation is 1. The quantitative estimate of drug-likeness (QED) is 0.142. The molecule has 334 valence electrons. The van der Waals surface area contributed by atoms with Crippen molar-refractivity contribution in [1.29, 1.82) is 0 Å². The Morgan fingerprint density at radius 2 is 1.09 bits per heavy atom. The molecule has 0 fully saturated rings. The summed E-state index contributed by atoms with van der Waals surface area (Å²) in [5.41, 5.74) is 10.6. The van der Waals surface area contributed by atoms with Gasteiger partial charge in [-0.25, -0.2) is 22.5 Å². The van der Waals surface area contributed by atoms with E-state index in [9.17, 15) is 17.6 Å². The minimum Gasteiger partial charge on any atom is -0.457 e. The van der Waals surface area contributed by atoms with Gasteiger partial charge in [0.15, 0.2) is 0 Å². The Bertz CT molecular complexity index is 3500. The molecule has 9 heteroatoms. The highest BCUT2D eigenvalue weighted by Gasteiger charge is 2.32. The second-order valence-corrected chi connectivity index (χ2v) is 18.3. The van der Waals surface area contributed by atoms with Gasteiger partial charge in [0, 0.05) is 58.0 Å². The Balaban J connectivity index is 1.06. The summed E-state index contributed by atoms with van der Waals surface area (Å²) < 4.78 is 69.0. The van der Waals surface area contributed by atoms with Crippen molar-refractivity contribution in [2.24, 2.45) is 0 Å². The number of para-hydroxylation sites is 4. The first-order chi connectivity index (χ1) is 32.9. The Morgan fingerprint density at radius 1 is 0.500 bits per heavy atom. The number of nitrogens with zero attached hydrogens (tertiary/aromatic N) is 4. The van der Waals surface area contributed by atoms with E-state index in [0.717, 1.165) is 73.5 Å². The monoisotopic (exact) mass is 900 g/mol. The van der Waals surface area contributed by atoms with Gasteiger partial charge < -0.3 is 14.5 Å². The van der Waals surface area contributed by atoms with Crippen LogP contribution in [-0.4, -0.2) is 16.2 Å². The van der Waals surface area contributed by atoms with Gasteiger partial charge in [0.25, 0.3) is 0 Å². The molecule has 0 N–H and O–H groups in total. The largest absolute Gasteiger partial charge is 0.457 e. The van der Waals surface area contributed by atoms with Crippen molar-refractivity contribution < 1.29 is 22.3 Å². The van der Waals surface area contributed by atoms with Gasteiger partial charge in [0.2, 0.25) is 0 Å². The van der Waals surface area contributed by atoms with Crippen molar-refractivity contribution >= 4 is 44.6 Å². The molecule has 11 rings (SSSR count). The number of hydrogen-bond acceptors (Lipinski definition) is 4. The number of hydrogen-bond donors (Lipinski definition) is 0. The molecule has 8 aromatic carbocycles. The number of anilines is 4. The minimum absolute atomic E-state index is 0.0788. The maximum atomic E-state index is 15.0. The third kappa shape index (κ3) is 7.69. The fraction of sp³-hybridized carbons (Fsp3) is 0.102. The smallest absolute Gasteiger partial charge is 0.137 e. The molecule has 68 heavy (non-hydrogen) atoms. The number of benzene rings is 8. The summed E-state index contributed by atoms with van der Waals surface area (Å²) in [5.74, 6) is -0.940. The number of aromatic nitrogens is 2. The summed E-state index contributed by atoms with van der Waals surface area (Å²) in [7, 11) is 0. The highest BCUT2D eigenvalue weighted by molar-refractivity contribution is 6.09. The first-order valence-corrected chi connectivity index (χ1v) is 22.5. The standard InChI is InChI=1S/C59H44F4N4O/c1-36-12-5-6-13-48(36)39-28-45(33-47(29-39)68-46-20-21-52-51-14-7-8-17-53(51)67(56(52)34-46)57-30-40(22-23-64-57)59(2,3)4)65-35-66(55-19-10-9-18-54(55)65)58-49(37-24-41(60)31-42(61)25-37)15-11-16-50(58)38-26-43(62)32-44(63)27-38/h5-34H,35H2,1-4H3. The second-order valence-electron chi connectivity index (χ2n) is 18.3. The summed E-state index contributed by atoms with van der Waals surface area (Å²) in [5, 5.41) is 2.17. The van der Waals surface area contributed by atoms with E-state index in [1.165, 1.54) is 29.8 Å². The van der Waals surface area contributed by atoms with Crippen LogP contribution < -0.4 is 14.5 Å². The molecule has 1 aliphatic heterocycles. The van der Waals surface area contributed by atoms with Crippen LogP contribution in [0.4, 0.5) is 40.3 Å². The van der Waals surface area contributed by atoms with Crippen molar-refractivity contribution in [3.05, 3.63) is 217 Å². The third-order valence-corrected chi connectivity index (χ3v) is 12.8. The predicted octanol–water partition coefficient (Wildman–Crippen LogP) is 16.4. The van der Waals surface area contributed by atoms with Crippen molar-refractivity contribution in [3.63, 3.8) is 0 Å². The van der Waals surface area contributed by atoms with E-state index in [1.54, 1.807) is 18.2 Å². The Labute approximate surface area is 391 Å². The van der Waals surface area contributed by atoms with E-state index in [2.05, 4.69) is 91.8 Å². The van der Waals surface area contributed by atoms with Gasteiger partial charge in [-0.05, 0) is 125 Å². The van der Waals surface area contributed by atoms with Gasteiger partial charge in [-0.3, -0.25) is 4.57 Å². The molecule has 0 spiro atoms. The lowest BCUT2D eigenvalue weighted by Gasteiger charge is -2.27. The van der Waals surface area contributed by atoms with E-state index >= 15 is 0 Å². The fourth-order valence-electron chi connectivity index (χ4n) is 9.60. The predicted molar refractivity (Wildman–Crippen MR) is 267 cm³/mol. The van der Waals surface area contributed by atoms with Gasteiger partial charge >= 0.3 is 0 Å². The van der Waals surface area contributed by atoms with Crippen molar-refractivity contribution in [3.8, 4) is 50.7 Å². The van der Waals surface area contributed by atoms with Crippen molar-refractivity contribution in [2.75, 3.05) is 16.5 Å². The Hall–Kier alpha value is -8.17. The maximum absolute atomic E-state index is 15.0. The summed E-state index contributed by atoms with van der Waals surface area (Å²) in [4.78, 5) is 9.05. The van der Waals surface area contributed by atoms with Gasteiger partial charge in [-0.2, -0.15) is 0 Å². The molecule has 0 saturated carbocycles. The van der Waals surface area contributed by atoms with E-state index in [-0.39, 0.29) is 23.2 Å². The van der Waals surface area contributed by atoms with E-state index < -0.39 is 23.3 Å². The number of fused-ring (bicyclic) bond motifs is 4. The molecular formula is C59H44F4N4O. The molecule has 0 amide bonds. The lowest BCUT2D eigenvalue weighted by atomic mass is 9.88. The summed E-state index contributed by atoms with van der Waals surface area (Å²) in [6.45, 7) is 8.89. The third-order valence-electron chi connectivity index (χ3n) is 12.8. The van der Waals surface area contributed by atoms with Crippen LogP contribution in [0.25, 0.3) is 61.0 Å². The molecule has 0 saturated heterocycles. The molecule has 0 aliphatic carbocycles. The zero-order chi connectivity index (χ0) is 46.8. The second kappa shape index (κ2) is 16.6. The summed E-state index contributed by atoms with van der Waals surface area (Å²) >= 11 is 0. The highest BCUT2D eigenvalue weighted by Crippen LogP contribution is 2.51. The molecule has 0 bridgehead atoms. The van der Waals surface area contributed by atoms with Gasteiger partial charge in [0.05, 0.1) is 28.1 Å². The van der Waals surface area contributed by atoms with Crippen LogP contribution in [0.15, 0.2) is 182 Å². The number of halogens is 4. The number of pyridine rings is 1. The summed E-state index contributed by atoms with van der Waals surface area (Å²) in [6, 6.07) is 52.9. The number of rotatable bonds is 8. The first kappa shape index (κ1) is 42.5. The Kier molecular flexibility index (Phi) is 10.4. The van der Waals surface area contributed by atoms with Crippen LogP contribution in [0.3, 0.4) is 0 Å². The normalized spacial score (nSPS) is 12.6. The molecule has 2 aromatic heterocycles. The molecule has 10 aromatic rings. The van der Waals surface area contributed by atoms with Crippen molar-refractivity contribution in [1.82, 2.24) is 9.55 Å². The van der Waals surface area contributed by atoms with Gasteiger partial charge in [-0.15, -0.1) is 0 Å². The van der Waals surface area contributed by atoms with E-state index in [0.29, 0.717) is 28.3 Å². The average molecular weight is 901 g/mol. The van der Waals surface area contributed by atoms with E-state index in [1.807, 2.05) is 77.8 Å². The summed E-state index contributed by atoms with van der Waals surface area (Å²) in [6.07, 6.45) is 1.87. The van der Waals surface area contributed by atoms with Crippen LogP contribution >= 0.6 is 0 Å². The topological polar surface area (TPSA) is 33.5 Å².